The van der Waals surface area contributed by atoms with Gasteiger partial charge in [0.25, 0.3) is 0 Å². The summed E-state index contributed by atoms with van der Waals surface area (Å²) < 4.78 is 0. The molecule has 80 valence electrons. The van der Waals surface area contributed by atoms with Gasteiger partial charge in [-0.25, -0.2) is 0 Å². The predicted molar refractivity (Wildman–Crippen MR) is 53.9 cm³/mol. The van der Waals surface area contributed by atoms with Crippen LogP contribution in [0.15, 0.2) is 0 Å². The Hall–Kier alpha value is -0.570. The number of carbonyl (C=O) groups is 1. The summed E-state index contributed by atoms with van der Waals surface area (Å²) in [5.41, 5.74) is 5.91. The smallest absolute Gasteiger partial charge is 0.320 e. The summed E-state index contributed by atoms with van der Waals surface area (Å²) in [5, 5.41) is 8.81. The first-order valence-electron chi connectivity index (χ1n) is 5.60. The van der Waals surface area contributed by atoms with E-state index >= 15 is 0 Å². The van der Waals surface area contributed by atoms with E-state index in [4.69, 9.17) is 10.8 Å². The Labute approximate surface area is 84.7 Å². The molecule has 0 radical (unpaired) electrons. The third kappa shape index (κ3) is 1.78. The van der Waals surface area contributed by atoms with Crippen LogP contribution in [0.1, 0.15) is 44.9 Å². The molecule has 0 aromatic heterocycles. The molecule has 2 bridgehead atoms. The van der Waals surface area contributed by atoms with Crippen molar-refractivity contribution >= 4 is 5.97 Å². The van der Waals surface area contributed by atoms with Gasteiger partial charge in [-0.15, -0.1) is 0 Å². The van der Waals surface area contributed by atoms with Gasteiger partial charge >= 0.3 is 5.97 Å². The van der Waals surface area contributed by atoms with Crippen molar-refractivity contribution in [2.75, 3.05) is 0 Å². The predicted octanol–water partition coefficient (Wildman–Crippen LogP) is 1.76. The van der Waals surface area contributed by atoms with E-state index in [9.17, 15) is 4.79 Å². The molecule has 0 spiro atoms. The molecule has 14 heavy (non-hydrogen) atoms. The average molecular weight is 197 g/mol. The number of carboxylic acids is 1. The Bertz CT molecular complexity index is 218. The van der Waals surface area contributed by atoms with Crippen LogP contribution in [-0.2, 0) is 4.79 Å². The summed E-state index contributed by atoms with van der Waals surface area (Å²) in [4.78, 5) is 10.7. The van der Waals surface area contributed by atoms with Gasteiger partial charge in [0.05, 0.1) is 0 Å². The first-order chi connectivity index (χ1) is 6.61. The Morgan fingerprint density at radius 2 is 1.86 bits per heavy atom. The van der Waals surface area contributed by atoms with Gasteiger partial charge < -0.3 is 10.8 Å². The molecule has 3 aliphatic carbocycles. The molecule has 3 heteroatoms. The largest absolute Gasteiger partial charge is 0.480 e. The van der Waals surface area contributed by atoms with Crippen LogP contribution in [0.3, 0.4) is 0 Å². The van der Waals surface area contributed by atoms with Crippen LogP contribution in [-0.4, -0.2) is 17.1 Å². The van der Waals surface area contributed by atoms with Gasteiger partial charge in [0.2, 0.25) is 0 Å². The van der Waals surface area contributed by atoms with Gasteiger partial charge in [-0.1, -0.05) is 0 Å². The maximum atomic E-state index is 10.7. The summed E-state index contributed by atoms with van der Waals surface area (Å²) >= 11 is 0. The molecule has 3 N–H and O–H groups in total. The van der Waals surface area contributed by atoms with E-state index in [1.165, 1.54) is 38.5 Å². The first-order valence-corrected chi connectivity index (χ1v) is 5.60. The lowest BCUT2D eigenvalue weighted by atomic mass is 9.58. The highest BCUT2D eigenvalue weighted by Gasteiger charge is 2.41. The van der Waals surface area contributed by atoms with Crippen molar-refractivity contribution in [3.63, 3.8) is 0 Å². The van der Waals surface area contributed by atoms with Crippen molar-refractivity contribution in [1.82, 2.24) is 0 Å². The number of fused-ring (bicyclic) bond motifs is 3. The third-order valence-corrected chi connectivity index (χ3v) is 4.22. The Morgan fingerprint density at radius 3 is 2.29 bits per heavy atom. The summed E-state index contributed by atoms with van der Waals surface area (Å²) in [6, 6.07) is -0.648. The van der Waals surface area contributed by atoms with Crippen LogP contribution in [0, 0.1) is 11.3 Å². The Kier molecular flexibility index (Phi) is 2.52. The lowest BCUT2D eigenvalue weighted by Crippen LogP contribution is -2.42. The standard InChI is InChI=1S/C11H19NO2/c12-9(10(13)14)7-11-4-1-8(2-5-11)3-6-11/h8-9H,1-7,12H2,(H,13,14)/t8?,9-,11?/m0/s1. The molecule has 3 fully saturated rings. The number of rotatable bonds is 3. The van der Waals surface area contributed by atoms with Crippen molar-refractivity contribution in [1.29, 1.82) is 0 Å². The number of hydrogen-bond donors (Lipinski definition) is 2. The molecular formula is C11H19NO2. The number of nitrogens with two attached hydrogens (primary N) is 1. The summed E-state index contributed by atoms with van der Waals surface area (Å²) in [6.45, 7) is 0. The molecule has 0 aromatic rings. The summed E-state index contributed by atoms with van der Waals surface area (Å²) in [5.74, 6) is 0.0880. The molecule has 3 saturated carbocycles. The number of hydrogen-bond acceptors (Lipinski definition) is 2. The van der Waals surface area contributed by atoms with E-state index in [0.29, 0.717) is 6.42 Å². The second-order valence-corrected chi connectivity index (χ2v) is 5.13. The normalized spacial score (nSPS) is 38.2. The van der Waals surface area contributed by atoms with Gasteiger partial charge in [0.15, 0.2) is 0 Å². The fourth-order valence-electron chi connectivity index (χ4n) is 3.20. The van der Waals surface area contributed by atoms with Crippen molar-refractivity contribution in [3.8, 4) is 0 Å². The zero-order chi connectivity index (χ0) is 10.2. The van der Waals surface area contributed by atoms with Gasteiger partial charge in [0.1, 0.15) is 6.04 Å². The molecular weight excluding hydrogens is 178 g/mol. The van der Waals surface area contributed by atoms with Gasteiger partial charge in [-0.05, 0) is 56.3 Å². The number of carboxylic acid groups (broad SMARTS) is 1. The van der Waals surface area contributed by atoms with Crippen LogP contribution in [0.2, 0.25) is 0 Å². The SMILES string of the molecule is N[C@@H](CC12CCC(CC1)CC2)C(=O)O. The topological polar surface area (TPSA) is 63.3 Å². The molecule has 0 heterocycles. The molecule has 3 aliphatic rings. The van der Waals surface area contributed by atoms with Crippen molar-refractivity contribution in [2.45, 2.75) is 51.0 Å². The van der Waals surface area contributed by atoms with E-state index in [-0.39, 0.29) is 5.41 Å². The summed E-state index contributed by atoms with van der Waals surface area (Å²) in [6.07, 6.45) is 8.20. The van der Waals surface area contributed by atoms with Crippen LogP contribution in [0.25, 0.3) is 0 Å². The minimum atomic E-state index is -0.841. The Balaban J connectivity index is 1.98. The van der Waals surface area contributed by atoms with E-state index in [2.05, 4.69) is 0 Å². The van der Waals surface area contributed by atoms with Gasteiger partial charge in [-0.3, -0.25) is 4.79 Å². The maximum Gasteiger partial charge on any atom is 0.320 e. The van der Waals surface area contributed by atoms with Crippen LogP contribution in [0.5, 0.6) is 0 Å². The zero-order valence-electron chi connectivity index (χ0n) is 8.54. The van der Waals surface area contributed by atoms with E-state index < -0.39 is 12.0 Å². The highest BCUT2D eigenvalue weighted by Crippen LogP contribution is 2.52. The molecule has 1 atom stereocenters. The molecule has 0 unspecified atom stereocenters. The van der Waals surface area contributed by atoms with Crippen LogP contribution < -0.4 is 5.73 Å². The van der Waals surface area contributed by atoms with E-state index in [1.54, 1.807) is 0 Å². The van der Waals surface area contributed by atoms with Crippen molar-refractivity contribution < 1.29 is 9.90 Å². The molecule has 0 aliphatic heterocycles. The quantitative estimate of drug-likeness (QED) is 0.724. The van der Waals surface area contributed by atoms with Crippen LogP contribution >= 0.6 is 0 Å². The molecule has 3 nitrogen and oxygen atoms in total. The monoisotopic (exact) mass is 197 g/mol. The average Bonchev–Trinajstić information content (AvgIpc) is 2.19. The molecule has 0 saturated heterocycles. The second kappa shape index (κ2) is 3.54. The van der Waals surface area contributed by atoms with E-state index in [0.717, 1.165) is 5.92 Å². The van der Waals surface area contributed by atoms with Gasteiger partial charge in [-0.2, -0.15) is 0 Å². The second-order valence-electron chi connectivity index (χ2n) is 5.13. The highest BCUT2D eigenvalue weighted by atomic mass is 16.4. The summed E-state index contributed by atoms with van der Waals surface area (Å²) in [7, 11) is 0. The molecule has 0 amide bonds. The van der Waals surface area contributed by atoms with Crippen LogP contribution in [0.4, 0.5) is 0 Å². The van der Waals surface area contributed by atoms with Crippen molar-refractivity contribution in [3.05, 3.63) is 0 Å². The minimum absolute atomic E-state index is 0.284. The third-order valence-electron chi connectivity index (χ3n) is 4.22. The maximum absolute atomic E-state index is 10.7. The first kappa shape index (κ1) is 9.97. The molecule has 3 rings (SSSR count). The van der Waals surface area contributed by atoms with Gasteiger partial charge in [0, 0.05) is 0 Å². The highest BCUT2D eigenvalue weighted by molar-refractivity contribution is 5.73. The minimum Gasteiger partial charge on any atom is -0.480 e. The fourth-order valence-corrected chi connectivity index (χ4v) is 3.20. The lowest BCUT2D eigenvalue weighted by Gasteiger charge is -2.47. The molecule has 0 aromatic carbocycles. The zero-order valence-corrected chi connectivity index (χ0v) is 8.54. The lowest BCUT2D eigenvalue weighted by molar-refractivity contribution is -0.140. The number of aliphatic carboxylic acids is 1. The van der Waals surface area contributed by atoms with Crippen molar-refractivity contribution in [2.24, 2.45) is 17.1 Å². The van der Waals surface area contributed by atoms with E-state index in [1.807, 2.05) is 0 Å². The Morgan fingerprint density at radius 1 is 1.36 bits per heavy atom. The fraction of sp³-hybridized carbons (Fsp3) is 0.909.